The van der Waals surface area contributed by atoms with E-state index in [0.717, 1.165) is 27.1 Å². The minimum Gasteiger partial charge on any atom is -0.361 e. The molecule has 21 heavy (non-hydrogen) atoms. The van der Waals surface area contributed by atoms with Gasteiger partial charge in [0.2, 0.25) is 0 Å². The molecule has 6 nitrogen and oxygen atoms in total. The molecule has 8 heteroatoms. The van der Waals surface area contributed by atoms with E-state index < -0.39 is 8.07 Å². The zero-order valence-electron chi connectivity index (χ0n) is 12.4. The topological polar surface area (TPSA) is 75.8 Å². The standard InChI is InChI=1S/C13H18IN5OSi/c1-21(2,3)7-6-20-9-19-8-11(14)10-4-5-16-13(12(10)19)17-18-15/h4-5,8H,6-7,9H2,1-3H3. The van der Waals surface area contributed by atoms with E-state index in [0.29, 0.717) is 12.5 Å². The summed E-state index contributed by atoms with van der Waals surface area (Å²) in [6.07, 6.45) is 3.66. The van der Waals surface area contributed by atoms with E-state index in [-0.39, 0.29) is 0 Å². The number of pyridine rings is 1. The number of azide groups is 1. The van der Waals surface area contributed by atoms with E-state index in [4.69, 9.17) is 10.3 Å². The van der Waals surface area contributed by atoms with Crippen LogP contribution in [0, 0.1) is 3.57 Å². The van der Waals surface area contributed by atoms with E-state index in [1.54, 1.807) is 6.20 Å². The molecule has 2 aromatic heterocycles. The van der Waals surface area contributed by atoms with Gasteiger partial charge in [0.05, 0.1) is 5.52 Å². The molecule has 0 aliphatic heterocycles. The van der Waals surface area contributed by atoms with Crippen molar-refractivity contribution in [3.8, 4) is 0 Å². The minimum atomic E-state index is -1.08. The summed E-state index contributed by atoms with van der Waals surface area (Å²) in [6, 6.07) is 3.05. The molecule has 0 bridgehead atoms. The van der Waals surface area contributed by atoms with E-state index in [9.17, 15) is 0 Å². The normalized spacial score (nSPS) is 11.6. The number of rotatable bonds is 6. The van der Waals surface area contributed by atoms with Crippen LogP contribution in [0.15, 0.2) is 23.6 Å². The van der Waals surface area contributed by atoms with Gasteiger partial charge in [-0.2, -0.15) is 0 Å². The zero-order chi connectivity index (χ0) is 15.5. The fourth-order valence-electron chi connectivity index (χ4n) is 1.95. The number of halogens is 1. The smallest absolute Gasteiger partial charge is 0.151 e. The van der Waals surface area contributed by atoms with Gasteiger partial charge in [-0.15, -0.1) is 0 Å². The molecule has 0 atom stereocenters. The van der Waals surface area contributed by atoms with Crippen LogP contribution in [0.25, 0.3) is 21.3 Å². The summed E-state index contributed by atoms with van der Waals surface area (Å²) in [6.45, 7) is 8.18. The second-order valence-electron chi connectivity index (χ2n) is 6.02. The van der Waals surface area contributed by atoms with Crippen molar-refractivity contribution >= 4 is 47.4 Å². The van der Waals surface area contributed by atoms with Crippen LogP contribution < -0.4 is 0 Å². The minimum absolute atomic E-state index is 0.395. The Hall–Kier alpha value is -1.09. The average Bonchev–Trinajstić information content (AvgIpc) is 2.72. The predicted octanol–water partition coefficient (Wildman–Crippen LogP) is 4.90. The third kappa shape index (κ3) is 4.19. The van der Waals surface area contributed by atoms with Crippen molar-refractivity contribution in [1.82, 2.24) is 9.55 Å². The van der Waals surface area contributed by atoms with Gasteiger partial charge in [-0.05, 0) is 45.3 Å². The molecular weight excluding hydrogens is 397 g/mol. The summed E-state index contributed by atoms with van der Waals surface area (Å²) < 4.78 is 8.83. The number of nitrogens with zero attached hydrogens (tertiary/aromatic N) is 5. The molecule has 0 saturated carbocycles. The van der Waals surface area contributed by atoms with E-state index >= 15 is 0 Å². The first-order valence-electron chi connectivity index (χ1n) is 6.68. The van der Waals surface area contributed by atoms with Crippen LogP contribution >= 0.6 is 22.6 Å². The van der Waals surface area contributed by atoms with Gasteiger partial charge in [0.1, 0.15) is 6.73 Å². The Morgan fingerprint density at radius 3 is 2.90 bits per heavy atom. The molecule has 0 aromatic carbocycles. The quantitative estimate of drug-likeness (QED) is 0.168. The molecule has 0 spiro atoms. The number of aromatic nitrogens is 2. The van der Waals surface area contributed by atoms with E-state index in [1.807, 2.05) is 16.8 Å². The average molecular weight is 415 g/mol. The summed E-state index contributed by atoms with van der Waals surface area (Å²) >= 11 is 2.27. The third-order valence-electron chi connectivity index (χ3n) is 3.08. The number of ether oxygens (including phenoxy) is 1. The van der Waals surface area contributed by atoms with Crippen LogP contribution in [-0.2, 0) is 11.5 Å². The highest BCUT2D eigenvalue weighted by molar-refractivity contribution is 14.1. The molecule has 0 aliphatic carbocycles. The van der Waals surface area contributed by atoms with Crippen molar-refractivity contribution in [2.45, 2.75) is 32.4 Å². The van der Waals surface area contributed by atoms with Gasteiger partial charge >= 0.3 is 0 Å². The van der Waals surface area contributed by atoms with Gasteiger partial charge in [0, 0.05) is 40.9 Å². The summed E-state index contributed by atoms with van der Waals surface area (Å²) in [7, 11) is -1.08. The fourth-order valence-corrected chi connectivity index (χ4v) is 3.48. The van der Waals surface area contributed by atoms with Gasteiger partial charge < -0.3 is 9.30 Å². The highest BCUT2D eigenvalue weighted by atomic mass is 127. The first-order valence-corrected chi connectivity index (χ1v) is 11.5. The lowest BCUT2D eigenvalue weighted by Crippen LogP contribution is -2.21. The van der Waals surface area contributed by atoms with Crippen LogP contribution in [0.2, 0.25) is 25.7 Å². The maximum atomic E-state index is 8.66. The Morgan fingerprint density at radius 2 is 2.24 bits per heavy atom. The molecule has 2 rings (SSSR count). The summed E-state index contributed by atoms with van der Waals surface area (Å²) in [5.74, 6) is 0.395. The van der Waals surface area contributed by atoms with Gasteiger partial charge in [-0.25, -0.2) is 0 Å². The maximum absolute atomic E-state index is 8.66. The number of fused-ring (bicyclic) bond motifs is 1. The number of hydrogen-bond donors (Lipinski definition) is 0. The van der Waals surface area contributed by atoms with Crippen LogP contribution in [0.4, 0.5) is 5.82 Å². The van der Waals surface area contributed by atoms with Gasteiger partial charge in [-0.3, -0.25) is 4.98 Å². The van der Waals surface area contributed by atoms with Crippen molar-refractivity contribution in [3.05, 3.63) is 32.5 Å². The second-order valence-corrected chi connectivity index (χ2v) is 12.8. The van der Waals surface area contributed by atoms with Crippen molar-refractivity contribution in [1.29, 1.82) is 0 Å². The molecule has 0 aliphatic rings. The van der Waals surface area contributed by atoms with Crippen LogP contribution in [-0.4, -0.2) is 24.2 Å². The molecule has 0 amide bonds. The van der Waals surface area contributed by atoms with Crippen molar-refractivity contribution in [2.75, 3.05) is 6.61 Å². The van der Waals surface area contributed by atoms with E-state index in [2.05, 4.69) is 57.2 Å². The fraction of sp³-hybridized carbons (Fsp3) is 0.462. The molecule has 0 unspecified atom stereocenters. The van der Waals surface area contributed by atoms with Crippen LogP contribution in [0.1, 0.15) is 0 Å². The van der Waals surface area contributed by atoms with Gasteiger partial charge in [0.15, 0.2) is 5.82 Å². The van der Waals surface area contributed by atoms with Crippen molar-refractivity contribution < 1.29 is 4.74 Å². The Labute approximate surface area is 138 Å². The molecule has 0 fully saturated rings. The first-order chi connectivity index (χ1) is 9.92. The Bertz CT molecular complexity index is 688. The Kier molecular flexibility index (Phi) is 5.25. The molecule has 0 radical (unpaired) electrons. The summed E-state index contributed by atoms with van der Waals surface area (Å²) in [5, 5.41) is 4.70. The molecular formula is C13H18IN5OSi. The number of hydrogen-bond acceptors (Lipinski definition) is 3. The molecule has 2 heterocycles. The second kappa shape index (κ2) is 6.78. The molecule has 0 saturated heterocycles. The summed E-state index contributed by atoms with van der Waals surface area (Å²) in [5.41, 5.74) is 9.49. The highest BCUT2D eigenvalue weighted by Gasteiger charge is 2.13. The van der Waals surface area contributed by atoms with Crippen LogP contribution in [0.3, 0.4) is 0 Å². The largest absolute Gasteiger partial charge is 0.361 e. The SMILES string of the molecule is C[Si](C)(C)CCOCn1cc(I)c2ccnc(N=[N+]=[N-])c21. The lowest BCUT2D eigenvalue weighted by Gasteiger charge is -2.15. The van der Waals surface area contributed by atoms with Crippen molar-refractivity contribution in [2.24, 2.45) is 5.11 Å². The van der Waals surface area contributed by atoms with Gasteiger partial charge in [0.25, 0.3) is 0 Å². The predicted molar refractivity (Wildman–Crippen MR) is 95.4 cm³/mol. The Morgan fingerprint density at radius 1 is 1.48 bits per heavy atom. The summed E-state index contributed by atoms with van der Waals surface area (Å²) in [4.78, 5) is 6.99. The van der Waals surface area contributed by atoms with Gasteiger partial charge in [-0.1, -0.05) is 19.6 Å². The molecule has 2 aromatic rings. The first kappa shape index (κ1) is 16.3. The third-order valence-corrected chi connectivity index (χ3v) is 5.65. The molecule has 0 N–H and O–H groups in total. The van der Waals surface area contributed by atoms with Crippen LogP contribution in [0.5, 0.6) is 0 Å². The monoisotopic (exact) mass is 415 g/mol. The van der Waals surface area contributed by atoms with E-state index in [1.165, 1.54) is 0 Å². The molecule has 112 valence electrons. The highest BCUT2D eigenvalue weighted by Crippen LogP contribution is 2.29. The van der Waals surface area contributed by atoms with Crippen molar-refractivity contribution in [3.63, 3.8) is 0 Å². The maximum Gasteiger partial charge on any atom is 0.151 e. The zero-order valence-corrected chi connectivity index (χ0v) is 15.5. The lowest BCUT2D eigenvalue weighted by atomic mass is 10.3. The Balaban J connectivity index is 2.22. The lowest BCUT2D eigenvalue weighted by molar-refractivity contribution is 0.0902.